The highest BCUT2D eigenvalue weighted by Crippen LogP contribution is 2.25. The molecule has 1 fully saturated rings. The van der Waals surface area contributed by atoms with Crippen LogP contribution >= 0.6 is 0 Å². The average molecular weight is 504 g/mol. The number of halogens is 1. The molecule has 3 aromatic carbocycles. The van der Waals surface area contributed by atoms with Crippen LogP contribution in [-0.4, -0.2) is 55.3 Å². The van der Waals surface area contributed by atoms with Crippen molar-refractivity contribution in [3.05, 3.63) is 108 Å². The number of amides is 1. The Morgan fingerprint density at radius 1 is 0.889 bits per heavy atom. The van der Waals surface area contributed by atoms with E-state index in [2.05, 4.69) is 22.0 Å². The van der Waals surface area contributed by atoms with Gasteiger partial charge < -0.3 is 4.90 Å². The number of piperazine rings is 1. The third-order valence-corrected chi connectivity index (χ3v) is 8.18. The predicted octanol–water partition coefficient (Wildman–Crippen LogP) is 4.31. The number of fused-ring (bicyclic) bond motifs is 1. The Morgan fingerprint density at radius 3 is 2.39 bits per heavy atom. The molecule has 0 atom stereocenters. The Kier molecular flexibility index (Phi) is 6.80. The highest BCUT2D eigenvalue weighted by Gasteiger charge is 2.25. The molecule has 1 aliphatic heterocycles. The average Bonchev–Trinajstić information content (AvgIpc) is 2.90. The van der Waals surface area contributed by atoms with Crippen LogP contribution in [0, 0.1) is 5.82 Å². The van der Waals surface area contributed by atoms with E-state index in [1.807, 2.05) is 18.2 Å². The maximum atomic E-state index is 15.0. The van der Waals surface area contributed by atoms with E-state index < -0.39 is 21.4 Å². The van der Waals surface area contributed by atoms with Crippen LogP contribution in [0.1, 0.15) is 21.5 Å². The Balaban J connectivity index is 1.26. The predicted molar refractivity (Wildman–Crippen MR) is 137 cm³/mol. The van der Waals surface area contributed by atoms with Crippen LogP contribution in [0.5, 0.6) is 0 Å². The Hall–Kier alpha value is -3.62. The topological polar surface area (TPSA) is 70.6 Å². The van der Waals surface area contributed by atoms with Crippen molar-refractivity contribution in [1.29, 1.82) is 0 Å². The number of hydrogen-bond acceptors (Lipinski definition) is 5. The fraction of sp³-hybridized carbons (Fsp3) is 0.214. The van der Waals surface area contributed by atoms with Gasteiger partial charge >= 0.3 is 0 Å². The molecular formula is C28H26FN3O3S. The molecule has 36 heavy (non-hydrogen) atoms. The zero-order valence-electron chi connectivity index (χ0n) is 19.7. The van der Waals surface area contributed by atoms with E-state index in [9.17, 15) is 17.6 Å². The van der Waals surface area contributed by atoms with E-state index in [4.69, 9.17) is 0 Å². The molecule has 1 aliphatic rings. The monoisotopic (exact) mass is 503 g/mol. The van der Waals surface area contributed by atoms with E-state index in [1.54, 1.807) is 29.2 Å². The smallest absolute Gasteiger partial charge is 0.254 e. The van der Waals surface area contributed by atoms with Gasteiger partial charge in [0.2, 0.25) is 0 Å². The van der Waals surface area contributed by atoms with Crippen molar-refractivity contribution in [2.45, 2.75) is 17.2 Å². The van der Waals surface area contributed by atoms with Crippen LogP contribution in [0.2, 0.25) is 0 Å². The summed E-state index contributed by atoms with van der Waals surface area (Å²) < 4.78 is 41.2. The van der Waals surface area contributed by atoms with Gasteiger partial charge in [-0.05, 0) is 29.8 Å². The standard InChI is InChI=1S/C28H26FN3O3S/c29-25-18-23(28(33)32-16-14-31(15-17-32)19-21-6-2-1-3-7-21)11-12-24(25)20-36(34,35)26-10-4-8-22-9-5-13-30-27(22)26/h1-13,18H,14-17,19-20H2. The number of nitrogens with zero attached hydrogens (tertiary/aromatic N) is 3. The van der Waals surface area contributed by atoms with Crippen molar-refractivity contribution < 1.29 is 17.6 Å². The lowest BCUT2D eigenvalue weighted by Gasteiger charge is -2.34. The van der Waals surface area contributed by atoms with Gasteiger partial charge in [-0.2, -0.15) is 0 Å². The van der Waals surface area contributed by atoms with Gasteiger partial charge in [0, 0.05) is 55.4 Å². The molecule has 0 radical (unpaired) electrons. The number of aromatic nitrogens is 1. The second kappa shape index (κ2) is 10.2. The molecule has 8 heteroatoms. The van der Waals surface area contributed by atoms with Gasteiger partial charge in [0.15, 0.2) is 9.84 Å². The van der Waals surface area contributed by atoms with Gasteiger partial charge in [-0.1, -0.05) is 54.6 Å². The SMILES string of the molecule is O=C(c1ccc(CS(=O)(=O)c2cccc3cccnc23)c(F)c1)N1CCN(Cc2ccccc2)CC1. The highest BCUT2D eigenvalue weighted by molar-refractivity contribution is 7.90. The lowest BCUT2D eigenvalue weighted by Crippen LogP contribution is -2.48. The van der Waals surface area contributed by atoms with E-state index in [0.29, 0.717) is 24.0 Å². The van der Waals surface area contributed by atoms with E-state index in [0.717, 1.165) is 25.7 Å². The zero-order valence-corrected chi connectivity index (χ0v) is 20.5. The van der Waals surface area contributed by atoms with Crippen molar-refractivity contribution in [1.82, 2.24) is 14.8 Å². The Labute approximate surface area is 209 Å². The van der Waals surface area contributed by atoms with Crippen LogP contribution in [0.3, 0.4) is 0 Å². The van der Waals surface area contributed by atoms with Crippen molar-refractivity contribution in [2.24, 2.45) is 0 Å². The summed E-state index contributed by atoms with van der Waals surface area (Å²) in [6, 6.07) is 22.6. The maximum absolute atomic E-state index is 15.0. The molecule has 1 aromatic heterocycles. The number of carbonyl (C=O) groups is 1. The minimum absolute atomic E-state index is 0.0205. The van der Waals surface area contributed by atoms with E-state index >= 15 is 0 Å². The lowest BCUT2D eigenvalue weighted by molar-refractivity contribution is 0.0628. The first-order valence-electron chi connectivity index (χ1n) is 11.8. The molecule has 0 N–H and O–H groups in total. The number of sulfone groups is 1. The van der Waals surface area contributed by atoms with Gasteiger partial charge in [-0.15, -0.1) is 0 Å². The molecule has 2 heterocycles. The largest absolute Gasteiger partial charge is 0.336 e. The van der Waals surface area contributed by atoms with Gasteiger partial charge in [0.05, 0.1) is 16.2 Å². The molecule has 0 saturated carbocycles. The minimum Gasteiger partial charge on any atom is -0.336 e. The normalized spacial score (nSPS) is 14.8. The number of carbonyl (C=O) groups excluding carboxylic acids is 1. The second-order valence-electron chi connectivity index (χ2n) is 8.95. The van der Waals surface area contributed by atoms with Crippen molar-refractivity contribution in [2.75, 3.05) is 26.2 Å². The summed E-state index contributed by atoms with van der Waals surface area (Å²) in [5.41, 5.74) is 1.83. The fourth-order valence-electron chi connectivity index (χ4n) is 4.54. The van der Waals surface area contributed by atoms with Gasteiger partial charge in [-0.25, -0.2) is 12.8 Å². The van der Waals surface area contributed by atoms with E-state index in [1.165, 1.54) is 30.0 Å². The van der Waals surface area contributed by atoms with Crippen LogP contribution in [0.4, 0.5) is 4.39 Å². The van der Waals surface area contributed by atoms with Crippen LogP contribution < -0.4 is 0 Å². The minimum atomic E-state index is -3.85. The summed E-state index contributed by atoms with van der Waals surface area (Å²) in [4.78, 5) is 21.3. The van der Waals surface area contributed by atoms with Gasteiger partial charge in [0.25, 0.3) is 5.91 Å². The first kappa shape index (κ1) is 24.1. The lowest BCUT2D eigenvalue weighted by atomic mass is 10.1. The molecular weight excluding hydrogens is 477 g/mol. The van der Waals surface area contributed by atoms with Crippen molar-refractivity contribution in [3.8, 4) is 0 Å². The second-order valence-corrected chi connectivity index (χ2v) is 10.9. The maximum Gasteiger partial charge on any atom is 0.254 e. The van der Waals surface area contributed by atoms with Gasteiger partial charge in [0.1, 0.15) is 5.82 Å². The summed E-state index contributed by atoms with van der Waals surface area (Å²) in [7, 11) is -3.85. The summed E-state index contributed by atoms with van der Waals surface area (Å²) in [6.45, 7) is 3.40. The molecule has 0 spiro atoms. The number of pyridine rings is 1. The van der Waals surface area contributed by atoms with Crippen molar-refractivity contribution in [3.63, 3.8) is 0 Å². The first-order chi connectivity index (χ1) is 17.4. The molecule has 184 valence electrons. The fourth-order valence-corrected chi connectivity index (χ4v) is 6.09. The van der Waals surface area contributed by atoms with Crippen LogP contribution in [0.15, 0.2) is 90.0 Å². The Morgan fingerprint density at radius 2 is 1.64 bits per heavy atom. The summed E-state index contributed by atoms with van der Waals surface area (Å²) in [5.74, 6) is -1.47. The Bertz CT molecular complexity index is 1500. The highest BCUT2D eigenvalue weighted by atomic mass is 32.2. The van der Waals surface area contributed by atoms with Crippen molar-refractivity contribution >= 4 is 26.6 Å². The molecule has 0 bridgehead atoms. The first-order valence-corrected chi connectivity index (χ1v) is 13.5. The third kappa shape index (κ3) is 5.15. The summed E-state index contributed by atoms with van der Waals surface area (Å²) in [5, 5.41) is 0.698. The van der Waals surface area contributed by atoms with Gasteiger partial charge in [-0.3, -0.25) is 14.7 Å². The van der Waals surface area contributed by atoms with E-state index in [-0.39, 0.29) is 21.9 Å². The molecule has 1 amide bonds. The summed E-state index contributed by atoms with van der Waals surface area (Å²) in [6.07, 6.45) is 1.53. The number of para-hydroxylation sites is 1. The summed E-state index contributed by atoms with van der Waals surface area (Å²) >= 11 is 0. The quantitative estimate of drug-likeness (QED) is 0.392. The number of rotatable bonds is 6. The molecule has 0 unspecified atom stereocenters. The van der Waals surface area contributed by atoms with Crippen LogP contribution in [-0.2, 0) is 22.1 Å². The number of hydrogen-bond donors (Lipinski definition) is 0. The number of benzene rings is 3. The molecule has 6 nitrogen and oxygen atoms in total. The molecule has 4 aromatic rings. The molecule has 1 saturated heterocycles. The molecule has 0 aliphatic carbocycles. The van der Waals surface area contributed by atoms with Crippen LogP contribution in [0.25, 0.3) is 10.9 Å². The molecule has 5 rings (SSSR count). The third-order valence-electron chi connectivity index (χ3n) is 6.48. The zero-order chi connectivity index (χ0) is 25.1.